The molecule has 1 N–H and O–H groups in total. The zero-order valence-corrected chi connectivity index (χ0v) is 30.9. The molecule has 266 valence electrons. The summed E-state index contributed by atoms with van der Waals surface area (Å²) < 4.78 is 6.52. The molecule has 0 aliphatic heterocycles. The molecule has 0 saturated carbocycles. The Morgan fingerprint density at radius 3 is 1.75 bits per heavy atom. The van der Waals surface area contributed by atoms with Crippen LogP contribution in [-0.4, -0.2) is 11.5 Å². The van der Waals surface area contributed by atoms with Crippen LogP contribution >= 0.6 is 0 Å². The highest BCUT2D eigenvalue weighted by Gasteiger charge is 2.20. The van der Waals surface area contributed by atoms with Crippen molar-refractivity contribution in [2.24, 2.45) is 4.99 Å². The first kappa shape index (κ1) is 32.8. The third-order valence-corrected chi connectivity index (χ3v) is 11.4. The molecule has 0 bridgehead atoms. The van der Waals surface area contributed by atoms with Crippen molar-refractivity contribution in [1.29, 1.82) is 5.41 Å². The third kappa shape index (κ3) is 5.36. The average Bonchev–Trinajstić information content (AvgIpc) is 3.66. The molecule has 11 rings (SSSR count). The minimum Gasteiger partial charge on any atom is -0.455 e. The van der Waals surface area contributed by atoms with Crippen molar-refractivity contribution >= 4 is 93.4 Å². The van der Waals surface area contributed by atoms with Gasteiger partial charge in [0.05, 0.1) is 5.71 Å². The number of amidine groups is 1. The first-order chi connectivity index (χ1) is 28.2. The fraction of sp³-hybridized carbons (Fsp3) is 0. The smallest absolute Gasteiger partial charge is 0.152 e. The van der Waals surface area contributed by atoms with E-state index in [-0.39, 0.29) is 5.84 Å². The molecular weight excluding hydrogens is 693 g/mol. The molecule has 0 aliphatic rings. The summed E-state index contributed by atoms with van der Waals surface area (Å²) in [7, 11) is 0. The quantitative estimate of drug-likeness (QED) is 0.0816. The lowest BCUT2D eigenvalue weighted by Gasteiger charge is -2.20. The number of benzene rings is 10. The van der Waals surface area contributed by atoms with Gasteiger partial charge in [0.1, 0.15) is 11.2 Å². The molecule has 1 aromatic heterocycles. The number of nitrogens with one attached hydrogen (secondary N) is 1. The highest BCUT2D eigenvalue weighted by molar-refractivity contribution is 6.29. The molecule has 3 nitrogen and oxygen atoms in total. The molecule has 0 spiro atoms. The Hall–Kier alpha value is -7.62. The van der Waals surface area contributed by atoms with Gasteiger partial charge in [-0.1, -0.05) is 176 Å². The summed E-state index contributed by atoms with van der Waals surface area (Å²) >= 11 is 0. The Morgan fingerprint density at radius 2 is 1.00 bits per heavy atom. The first-order valence-electron chi connectivity index (χ1n) is 19.3. The van der Waals surface area contributed by atoms with Gasteiger partial charge in [-0.2, -0.15) is 0 Å². The molecule has 10 aromatic carbocycles. The van der Waals surface area contributed by atoms with Gasteiger partial charge in [0.2, 0.25) is 0 Å². The molecule has 57 heavy (non-hydrogen) atoms. The van der Waals surface area contributed by atoms with Gasteiger partial charge in [-0.15, -0.1) is 0 Å². The molecule has 0 radical (unpaired) electrons. The second-order valence-corrected chi connectivity index (χ2v) is 14.6. The van der Waals surface area contributed by atoms with E-state index in [1.54, 1.807) is 0 Å². The van der Waals surface area contributed by atoms with Gasteiger partial charge in [0, 0.05) is 21.9 Å². The van der Waals surface area contributed by atoms with Crippen LogP contribution in [0.3, 0.4) is 0 Å². The topological polar surface area (TPSA) is 49.4 Å². The summed E-state index contributed by atoms with van der Waals surface area (Å²) in [6.45, 7) is 0. The number of rotatable bonds is 5. The van der Waals surface area contributed by atoms with E-state index in [1.807, 2.05) is 60.7 Å². The van der Waals surface area contributed by atoms with E-state index in [4.69, 9.17) is 14.8 Å². The lowest BCUT2D eigenvalue weighted by atomic mass is 9.83. The molecule has 0 unspecified atom stereocenters. The average molecular weight is 727 g/mol. The van der Waals surface area contributed by atoms with Gasteiger partial charge >= 0.3 is 0 Å². The van der Waals surface area contributed by atoms with Crippen LogP contribution in [0.2, 0.25) is 0 Å². The zero-order chi connectivity index (χ0) is 37.9. The Balaban J connectivity index is 1.19. The van der Waals surface area contributed by atoms with Gasteiger partial charge in [-0.3, -0.25) is 5.41 Å². The number of hydrogen-bond acceptors (Lipinski definition) is 2. The van der Waals surface area contributed by atoms with E-state index in [0.29, 0.717) is 5.71 Å². The van der Waals surface area contributed by atoms with Crippen molar-refractivity contribution in [2.75, 3.05) is 0 Å². The number of allylic oxidation sites excluding steroid dienone is 1. The lowest BCUT2D eigenvalue weighted by Crippen LogP contribution is -2.04. The molecule has 0 aliphatic carbocycles. The van der Waals surface area contributed by atoms with Crippen molar-refractivity contribution in [3.8, 4) is 11.1 Å². The van der Waals surface area contributed by atoms with Crippen LogP contribution in [0.15, 0.2) is 204 Å². The molecule has 0 amide bonds. The molecular formula is C54H34N2O. The number of aliphatic imine (C=N–C) groups is 1. The molecule has 11 aromatic rings. The third-order valence-electron chi connectivity index (χ3n) is 11.4. The maximum absolute atomic E-state index is 9.12. The van der Waals surface area contributed by atoms with Crippen molar-refractivity contribution in [1.82, 2.24) is 0 Å². The van der Waals surface area contributed by atoms with Crippen LogP contribution < -0.4 is 0 Å². The Morgan fingerprint density at radius 1 is 0.439 bits per heavy atom. The Labute approximate surface area is 329 Å². The van der Waals surface area contributed by atoms with Crippen LogP contribution in [0.25, 0.3) is 93.0 Å². The molecule has 3 heteroatoms. The van der Waals surface area contributed by atoms with Gasteiger partial charge in [0.25, 0.3) is 0 Å². The largest absolute Gasteiger partial charge is 0.455 e. The number of hydrogen-bond donors (Lipinski definition) is 1. The van der Waals surface area contributed by atoms with Crippen LogP contribution in [0.5, 0.6) is 0 Å². The number of para-hydroxylation sites is 2. The summed E-state index contributed by atoms with van der Waals surface area (Å²) in [4.78, 5) is 5.02. The second-order valence-electron chi connectivity index (χ2n) is 14.6. The predicted octanol–water partition coefficient (Wildman–Crippen LogP) is 14.5. The fourth-order valence-corrected chi connectivity index (χ4v) is 8.78. The summed E-state index contributed by atoms with van der Waals surface area (Å²) in [6, 6.07) is 65.9. The summed E-state index contributed by atoms with van der Waals surface area (Å²) in [5.41, 5.74) is 7.37. The standard InChI is InChI=1S/C54H34N2O/c55-54(35-16-2-1-3-17-35)56-49(47-27-14-26-46-42-23-12-13-28-50(42)57-53(46)47)32-31-41-39-21-8-10-24-43(39)52(44-25-11-9-22-40(41)44)51-38-20-7-5-18-36(38)33-48-37-19-6-4-15-34(37)29-30-45(48)51/h1-33,55H/b32-31+,55-54?,56-49?. The zero-order valence-electron chi connectivity index (χ0n) is 30.9. The van der Waals surface area contributed by atoms with Gasteiger partial charge in [-0.25, -0.2) is 4.99 Å². The normalized spacial score (nSPS) is 12.3. The predicted molar refractivity (Wildman–Crippen MR) is 242 cm³/mol. The number of furan rings is 1. The van der Waals surface area contributed by atoms with Crippen molar-refractivity contribution in [3.63, 3.8) is 0 Å². The summed E-state index contributed by atoms with van der Waals surface area (Å²) in [5, 5.41) is 23.3. The SMILES string of the molecule is N=C(N=C(/C=C/c1c2ccccc2c(-c2c3ccccc3cc3c2ccc2ccccc23)c2ccccc12)c1cccc2c1oc1ccccc12)c1ccccc1. The van der Waals surface area contributed by atoms with Crippen LogP contribution in [-0.2, 0) is 0 Å². The van der Waals surface area contributed by atoms with E-state index in [2.05, 4.69) is 140 Å². The number of nitrogens with zero attached hydrogens (tertiary/aromatic N) is 1. The molecule has 0 atom stereocenters. The van der Waals surface area contributed by atoms with E-state index in [9.17, 15) is 0 Å². The van der Waals surface area contributed by atoms with E-state index >= 15 is 0 Å². The highest BCUT2D eigenvalue weighted by Crippen LogP contribution is 2.46. The minimum absolute atomic E-state index is 0.184. The van der Waals surface area contributed by atoms with Crippen molar-refractivity contribution in [2.45, 2.75) is 0 Å². The fourth-order valence-electron chi connectivity index (χ4n) is 8.78. The monoisotopic (exact) mass is 726 g/mol. The maximum atomic E-state index is 9.12. The Bertz CT molecular complexity index is 3420. The molecule has 1 heterocycles. The lowest BCUT2D eigenvalue weighted by molar-refractivity contribution is 0.668. The van der Waals surface area contributed by atoms with Crippen LogP contribution in [0.4, 0.5) is 0 Å². The molecule has 0 fully saturated rings. The summed E-state index contributed by atoms with van der Waals surface area (Å²) in [6.07, 6.45) is 4.24. The van der Waals surface area contributed by atoms with Crippen molar-refractivity contribution < 1.29 is 4.42 Å². The minimum atomic E-state index is 0.184. The van der Waals surface area contributed by atoms with Crippen LogP contribution in [0.1, 0.15) is 16.7 Å². The second kappa shape index (κ2) is 13.3. The van der Waals surface area contributed by atoms with Gasteiger partial charge in [0.15, 0.2) is 5.84 Å². The molecule has 0 saturated heterocycles. The first-order valence-corrected chi connectivity index (χ1v) is 19.3. The highest BCUT2D eigenvalue weighted by atomic mass is 16.3. The Kier molecular flexibility index (Phi) is 7.65. The summed E-state index contributed by atoms with van der Waals surface area (Å²) in [5.74, 6) is 0.184. The van der Waals surface area contributed by atoms with Gasteiger partial charge < -0.3 is 4.42 Å². The van der Waals surface area contributed by atoms with E-state index in [1.165, 1.54) is 54.2 Å². The maximum Gasteiger partial charge on any atom is 0.152 e. The van der Waals surface area contributed by atoms with Crippen LogP contribution in [0, 0.1) is 5.41 Å². The number of fused-ring (bicyclic) bond motifs is 9. The van der Waals surface area contributed by atoms with E-state index in [0.717, 1.165) is 49.4 Å². The van der Waals surface area contributed by atoms with Gasteiger partial charge in [-0.05, 0) is 94.8 Å². The van der Waals surface area contributed by atoms with E-state index < -0.39 is 0 Å². The van der Waals surface area contributed by atoms with Crippen molar-refractivity contribution in [3.05, 3.63) is 211 Å².